The lowest BCUT2D eigenvalue weighted by Crippen LogP contribution is -2.45. The molecule has 2 amide bonds. The van der Waals surface area contributed by atoms with E-state index in [1.165, 1.54) is 0 Å². The van der Waals surface area contributed by atoms with Gasteiger partial charge >= 0.3 is 0 Å². The molecule has 0 aliphatic rings. The third kappa shape index (κ3) is 7.25. The highest BCUT2D eigenvalue weighted by atomic mass is 32.1. The number of hydrogen-bond acceptors (Lipinski definition) is 3. The Balaban J connectivity index is 3.83. The second-order valence-corrected chi connectivity index (χ2v) is 4.35. The first-order valence-corrected chi connectivity index (χ1v) is 5.78. The standard InChI is InChI=1S/C10H20N2O2S/c1-7(2)6-11-10(14)8(3)12-9(13)4-5-15/h7-8,15H,4-6H2,1-3H3,(H,11,14)(H,12,13). The SMILES string of the molecule is CC(C)CNC(=O)C(C)NC(=O)CCS. The Kier molecular flexibility index (Phi) is 7.21. The van der Waals surface area contributed by atoms with Gasteiger partial charge in [0, 0.05) is 13.0 Å². The molecule has 0 radical (unpaired) electrons. The van der Waals surface area contributed by atoms with E-state index < -0.39 is 6.04 Å². The van der Waals surface area contributed by atoms with E-state index in [0.717, 1.165) is 0 Å². The molecular weight excluding hydrogens is 212 g/mol. The molecule has 0 heterocycles. The molecule has 2 N–H and O–H groups in total. The number of carbonyl (C=O) groups excluding carboxylic acids is 2. The van der Waals surface area contributed by atoms with Crippen LogP contribution in [0.15, 0.2) is 0 Å². The molecule has 15 heavy (non-hydrogen) atoms. The zero-order chi connectivity index (χ0) is 11.8. The van der Waals surface area contributed by atoms with Crippen LogP contribution in [-0.4, -0.2) is 30.2 Å². The van der Waals surface area contributed by atoms with E-state index in [2.05, 4.69) is 23.3 Å². The summed E-state index contributed by atoms with van der Waals surface area (Å²) in [5, 5.41) is 5.36. The van der Waals surface area contributed by atoms with Gasteiger partial charge in [0.25, 0.3) is 0 Å². The molecule has 0 fully saturated rings. The Bertz CT molecular complexity index is 219. The quantitative estimate of drug-likeness (QED) is 0.587. The van der Waals surface area contributed by atoms with Gasteiger partial charge in [-0.15, -0.1) is 0 Å². The molecule has 88 valence electrons. The lowest BCUT2D eigenvalue weighted by Gasteiger charge is -2.14. The molecule has 0 saturated heterocycles. The van der Waals surface area contributed by atoms with E-state index in [9.17, 15) is 9.59 Å². The van der Waals surface area contributed by atoms with E-state index in [1.807, 2.05) is 13.8 Å². The average molecular weight is 232 g/mol. The molecule has 0 aliphatic heterocycles. The van der Waals surface area contributed by atoms with Crippen LogP contribution in [0.4, 0.5) is 0 Å². The average Bonchev–Trinajstić information content (AvgIpc) is 2.14. The summed E-state index contributed by atoms with van der Waals surface area (Å²) in [6.45, 7) is 6.34. The van der Waals surface area contributed by atoms with Gasteiger partial charge in [-0.1, -0.05) is 13.8 Å². The molecule has 1 atom stereocenters. The van der Waals surface area contributed by atoms with Crippen LogP contribution in [0.3, 0.4) is 0 Å². The Morgan fingerprint density at radius 2 is 1.87 bits per heavy atom. The van der Waals surface area contributed by atoms with Gasteiger partial charge in [-0.25, -0.2) is 0 Å². The Morgan fingerprint density at radius 1 is 1.27 bits per heavy atom. The van der Waals surface area contributed by atoms with Crippen molar-refractivity contribution in [1.82, 2.24) is 10.6 Å². The van der Waals surface area contributed by atoms with Crippen LogP contribution >= 0.6 is 12.6 Å². The number of amides is 2. The van der Waals surface area contributed by atoms with Gasteiger partial charge in [-0.05, 0) is 18.6 Å². The van der Waals surface area contributed by atoms with E-state index in [-0.39, 0.29) is 11.8 Å². The maximum absolute atomic E-state index is 11.4. The summed E-state index contributed by atoms with van der Waals surface area (Å²) in [7, 11) is 0. The molecular formula is C10H20N2O2S. The Hall–Kier alpha value is -0.710. The molecule has 0 saturated carbocycles. The molecule has 0 aromatic rings. The molecule has 4 nitrogen and oxygen atoms in total. The fourth-order valence-corrected chi connectivity index (χ4v) is 1.14. The molecule has 0 aromatic heterocycles. The van der Waals surface area contributed by atoms with Gasteiger partial charge in [0.05, 0.1) is 0 Å². The van der Waals surface area contributed by atoms with Crippen LogP contribution in [0.2, 0.25) is 0 Å². The van der Waals surface area contributed by atoms with Crippen molar-refractivity contribution < 1.29 is 9.59 Å². The van der Waals surface area contributed by atoms with Gasteiger partial charge in [-0.2, -0.15) is 12.6 Å². The summed E-state index contributed by atoms with van der Waals surface area (Å²) in [6.07, 6.45) is 0.338. The maximum atomic E-state index is 11.4. The molecule has 1 unspecified atom stereocenters. The first kappa shape index (κ1) is 14.3. The topological polar surface area (TPSA) is 58.2 Å². The lowest BCUT2D eigenvalue weighted by atomic mass is 10.2. The predicted octanol–water partition coefficient (Wildman–Crippen LogP) is 0.583. The monoisotopic (exact) mass is 232 g/mol. The second kappa shape index (κ2) is 7.56. The van der Waals surface area contributed by atoms with E-state index in [4.69, 9.17) is 0 Å². The fraction of sp³-hybridized carbons (Fsp3) is 0.800. The van der Waals surface area contributed by atoms with E-state index in [1.54, 1.807) is 6.92 Å². The first-order chi connectivity index (χ1) is 6.97. The molecule has 0 spiro atoms. The Morgan fingerprint density at radius 3 is 2.33 bits per heavy atom. The summed E-state index contributed by atoms with van der Waals surface area (Å²) in [5.41, 5.74) is 0. The minimum absolute atomic E-state index is 0.141. The van der Waals surface area contributed by atoms with Gasteiger partial charge < -0.3 is 10.6 Å². The highest BCUT2D eigenvalue weighted by molar-refractivity contribution is 7.80. The minimum atomic E-state index is -0.476. The maximum Gasteiger partial charge on any atom is 0.242 e. The predicted molar refractivity (Wildman–Crippen MR) is 63.9 cm³/mol. The summed E-state index contributed by atoms with van der Waals surface area (Å²) in [4.78, 5) is 22.6. The molecule has 0 aromatic carbocycles. The van der Waals surface area contributed by atoms with Crippen molar-refractivity contribution >= 4 is 24.4 Å². The van der Waals surface area contributed by atoms with Gasteiger partial charge in [-0.3, -0.25) is 9.59 Å². The molecule has 0 bridgehead atoms. The number of thiol groups is 1. The summed E-state index contributed by atoms with van der Waals surface area (Å²) < 4.78 is 0. The largest absolute Gasteiger partial charge is 0.354 e. The summed E-state index contributed by atoms with van der Waals surface area (Å²) in [6, 6.07) is -0.476. The highest BCUT2D eigenvalue weighted by Crippen LogP contribution is 1.90. The van der Waals surface area contributed by atoms with Crippen molar-refractivity contribution in [3.63, 3.8) is 0 Å². The van der Waals surface area contributed by atoms with Crippen molar-refractivity contribution in [3.8, 4) is 0 Å². The number of hydrogen-bond donors (Lipinski definition) is 3. The van der Waals surface area contributed by atoms with Gasteiger partial charge in [0.1, 0.15) is 6.04 Å². The van der Waals surface area contributed by atoms with Crippen LogP contribution in [0.1, 0.15) is 27.2 Å². The van der Waals surface area contributed by atoms with Crippen LogP contribution in [0, 0.1) is 5.92 Å². The number of carbonyl (C=O) groups is 2. The third-order valence-electron chi connectivity index (χ3n) is 1.79. The highest BCUT2D eigenvalue weighted by Gasteiger charge is 2.14. The van der Waals surface area contributed by atoms with E-state index >= 15 is 0 Å². The van der Waals surface area contributed by atoms with Crippen LogP contribution in [0.25, 0.3) is 0 Å². The van der Waals surface area contributed by atoms with Gasteiger partial charge in [0.2, 0.25) is 11.8 Å². The normalized spacial score (nSPS) is 12.3. The fourth-order valence-electron chi connectivity index (χ4n) is 0.939. The summed E-state index contributed by atoms with van der Waals surface area (Å²) in [5.74, 6) is 0.620. The molecule has 5 heteroatoms. The number of rotatable bonds is 6. The lowest BCUT2D eigenvalue weighted by molar-refractivity contribution is -0.128. The second-order valence-electron chi connectivity index (χ2n) is 3.90. The van der Waals surface area contributed by atoms with Crippen molar-refractivity contribution in [2.24, 2.45) is 5.92 Å². The van der Waals surface area contributed by atoms with Crippen LogP contribution < -0.4 is 10.6 Å². The molecule has 0 aliphatic carbocycles. The van der Waals surface area contributed by atoms with Gasteiger partial charge in [0.15, 0.2) is 0 Å². The first-order valence-electron chi connectivity index (χ1n) is 5.15. The van der Waals surface area contributed by atoms with Crippen molar-refractivity contribution in [1.29, 1.82) is 0 Å². The van der Waals surface area contributed by atoms with Crippen molar-refractivity contribution in [2.75, 3.05) is 12.3 Å². The van der Waals surface area contributed by atoms with Crippen molar-refractivity contribution in [3.05, 3.63) is 0 Å². The van der Waals surface area contributed by atoms with Crippen LogP contribution in [0.5, 0.6) is 0 Å². The zero-order valence-electron chi connectivity index (χ0n) is 9.54. The third-order valence-corrected chi connectivity index (χ3v) is 2.02. The Labute approximate surface area is 96.6 Å². The van der Waals surface area contributed by atoms with E-state index in [0.29, 0.717) is 24.6 Å². The van der Waals surface area contributed by atoms with Crippen molar-refractivity contribution in [2.45, 2.75) is 33.2 Å². The summed E-state index contributed by atoms with van der Waals surface area (Å²) >= 11 is 3.94. The van der Waals surface area contributed by atoms with Crippen LogP contribution in [-0.2, 0) is 9.59 Å². The molecule has 0 rings (SSSR count). The zero-order valence-corrected chi connectivity index (χ0v) is 10.4. The smallest absolute Gasteiger partial charge is 0.242 e. The number of nitrogens with one attached hydrogen (secondary N) is 2. The minimum Gasteiger partial charge on any atom is -0.354 e.